The number of carbonyl (C=O) groups is 1. The zero-order valence-electron chi connectivity index (χ0n) is 9.92. The minimum atomic E-state index is -0.134. The lowest BCUT2D eigenvalue weighted by Gasteiger charge is -2.00. The summed E-state index contributed by atoms with van der Waals surface area (Å²) in [4.78, 5) is 11.7. The fourth-order valence-electron chi connectivity index (χ4n) is 1.07. The molecule has 0 saturated heterocycles. The second-order valence-corrected chi connectivity index (χ2v) is 4.47. The van der Waals surface area contributed by atoms with E-state index in [9.17, 15) is 4.79 Å². The molecule has 0 atom stereocenters. The number of nitrogens with one attached hydrogen (secondary N) is 1. The van der Waals surface area contributed by atoms with Crippen LogP contribution in [-0.2, 0) is 4.74 Å². The zero-order valence-corrected chi connectivity index (χ0v) is 12.1. The maximum atomic E-state index is 11.7. The van der Waals surface area contributed by atoms with Gasteiger partial charge in [-0.2, -0.15) is 0 Å². The van der Waals surface area contributed by atoms with Gasteiger partial charge in [-0.1, -0.05) is 11.8 Å². The van der Waals surface area contributed by atoms with Crippen LogP contribution in [0.4, 0.5) is 0 Å². The van der Waals surface area contributed by atoms with E-state index in [-0.39, 0.29) is 12.5 Å². The third-order valence-electron chi connectivity index (χ3n) is 1.90. The van der Waals surface area contributed by atoms with E-state index in [2.05, 4.69) is 51.6 Å². The number of ether oxygens (including phenoxy) is 1. The van der Waals surface area contributed by atoms with Gasteiger partial charge in [0, 0.05) is 16.2 Å². The molecular weight excluding hydrogens is 341 g/mol. The van der Waals surface area contributed by atoms with Crippen LogP contribution in [0.25, 0.3) is 0 Å². The van der Waals surface area contributed by atoms with Crippen LogP contribution in [0.5, 0.6) is 0 Å². The van der Waals surface area contributed by atoms with Crippen LogP contribution in [0.15, 0.2) is 24.3 Å². The lowest BCUT2D eigenvalue weighted by Crippen LogP contribution is -2.23. The molecule has 1 N–H and O–H groups in total. The minimum absolute atomic E-state index is 0.134. The van der Waals surface area contributed by atoms with Gasteiger partial charge in [-0.25, -0.2) is 0 Å². The van der Waals surface area contributed by atoms with E-state index in [0.29, 0.717) is 12.2 Å². The summed E-state index contributed by atoms with van der Waals surface area (Å²) < 4.78 is 5.84. The molecule has 1 aromatic rings. The van der Waals surface area contributed by atoms with Gasteiger partial charge in [-0.05, 0) is 58.7 Å². The molecule has 18 heavy (non-hydrogen) atoms. The SMILES string of the molecule is COCC#CC#CCNC(=O)c1ccc(I)cc1. The highest BCUT2D eigenvalue weighted by molar-refractivity contribution is 14.1. The average Bonchev–Trinajstić information content (AvgIpc) is 2.38. The molecule has 3 nitrogen and oxygen atoms in total. The van der Waals surface area contributed by atoms with E-state index in [1.807, 2.05) is 12.1 Å². The first kappa shape index (κ1) is 14.6. The van der Waals surface area contributed by atoms with Crippen molar-refractivity contribution in [1.29, 1.82) is 0 Å². The molecule has 0 radical (unpaired) electrons. The number of hydrogen-bond donors (Lipinski definition) is 1. The van der Waals surface area contributed by atoms with Crippen molar-refractivity contribution >= 4 is 28.5 Å². The molecule has 0 saturated carbocycles. The standard InChI is InChI=1S/C14H12INO2/c1-18-11-5-3-2-4-10-16-14(17)12-6-8-13(15)9-7-12/h6-9H,10-11H2,1H3,(H,16,17). The summed E-state index contributed by atoms with van der Waals surface area (Å²) in [5.41, 5.74) is 0.627. The summed E-state index contributed by atoms with van der Waals surface area (Å²) in [5, 5.41) is 2.70. The molecule has 0 aromatic heterocycles. The molecule has 1 aromatic carbocycles. The molecule has 0 fully saturated rings. The van der Waals surface area contributed by atoms with Gasteiger partial charge in [0.1, 0.15) is 6.61 Å². The second kappa shape index (κ2) is 8.57. The van der Waals surface area contributed by atoms with Crippen LogP contribution in [0.2, 0.25) is 0 Å². The Kier molecular flexibility index (Phi) is 6.93. The first-order valence-electron chi connectivity index (χ1n) is 5.22. The van der Waals surface area contributed by atoms with E-state index in [4.69, 9.17) is 4.74 Å². The van der Waals surface area contributed by atoms with Crippen molar-refractivity contribution in [3.63, 3.8) is 0 Å². The van der Waals surface area contributed by atoms with Crippen molar-refractivity contribution in [3.8, 4) is 23.7 Å². The maximum absolute atomic E-state index is 11.7. The van der Waals surface area contributed by atoms with Crippen LogP contribution in [0.3, 0.4) is 0 Å². The van der Waals surface area contributed by atoms with Gasteiger partial charge in [0.15, 0.2) is 0 Å². The monoisotopic (exact) mass is 353 g/mol. The third kappa shape index (κ3) is 5.72. The molecular formula is C14H12INO2. The molecule has 1 amide bonds. The Hall–Kier alpha value is -1.50. The van der Waals surface area contributed by atoms with E-state index < -0.39 is 0 Å². The third-order valence-corrected chi connectivity index (χ3v) is 2.62. The number of halogens is 1. The summed E-state index contributed by atoms with van der Waals surface area (Å²) >= 11 is 2.19. The van der Waals surface area contributed by atoms with Crippen LogP contribution >= 0.6 is 22.6 Å². The molecule has 92 valence electrons. The summed E-state index contributed by atoms with van der Waals surface area (Å²) in [5.74, 6) is 10.6. The number of benzene rings is 1. The van der Waals surface area contributed by atoms with Crippen molar-refractivity contribution in [2.75, 3.05) is 20.3 Å². The highest BCUT2D eigenvalue weighted by Crippen LogP contribution is 2.06. The van der Waals surface area contributed by atoms with Gasteiger partial charge >= 0.3 is 0 Å². The van der Waals surface area contributed by atoms with Crippen molar-refractivity contribution in [1.82, 2.24) is 5.32 Å². The first-order valence-corrected chi connectivity index (χ1v) is 6.30. The lowest BCUT2D eigenvalue weighted by atomic mass is 10.2. The highest BCUT2D eigenvalue weighted by Gasteiger charge is 2.02. The van der Waals surface area contributed by atoms with Crippen molar-refractivity contribution in [2.24, 2.45) is 0 Å². The van der Waals surface area contributed by atoms with E-state index in [1.54, 1.807) is 19.2 Å². The Labute approximate surface area is 120 Å². The van der Waals surface area contributed by atoms with Gasteiger partial charge in [-0.15, -0.1) is 0 Å². The fourth-order valence-corrected chi connectivity index (χ4v) is 1.43. The van der Waals surface area contributed by atoms with Gasteiger partial charge in [0.25, 0.3) is 5.91 Å². The molecule has 1 rings (SSSR count). The Morgan fingerprint density at radius 3 is 2.61 bits per heavy atom. The number of rotatable bonds is 3. The molecule has 0 aliphatic rings. The van der Waals surface area contributed by atoms with Gasteiger partial charge < -0.3 is 10.1 Å². The van der Waals surface area contributed by atoms with Gasteiger partial charge in [0.2, 0.25) is 0 Å². The predicted molar refractivity (Wildman–Crippen MR) is 78.9 cm³/mol. The smallest absolute Gasteiger partial charge is 0.252 e. The number of carbonyl (C=O) groups excluding carboxylic acids is 1. The maximum Gasteiger partial charge on any atom is 0.252 e. The van der Waals surface area contributed by atoms with Crippen molar-refractivity contribution in [3.05, 3.63) is 33.4 Å². The number of amides is 1. The summed E-state index contributed by atoms with van der Waals surface area (Å²) in [7, 11) is 1.57. The Bertz CT molecular complexity index is 515. The predicted octanol–water partition coefficient (Wildman–Crippen LogP) is 1.67. The minimum Gasteiger partial charge on any atom is -0.372 e. The van der Waals surface area contributed by atoms with Crippen LogP contribution in [0.1, 0.15) is 10.4 Å². The summed E-state index contributed by atoms with van der Waals surface area (Å²) in [6, 6.07) is 7.33. The number of methoxy groups -OCH3 is 1. The van der Waals surface area contributed by atoms with Gasteiger partial charge in [-0.3, -0.25) is 4.79 Å². The van der Waals surface area contributed by atoms with E-state index in [1.165, 1.54) is 0 Å². The molecule has 0 unspecified atom stereocenters. The molecule has 0 spiro atoms. The Morgan fingerprint density at radius 2 is 1.94 bits per heavy atom. The molecule has 0 heterocycles. The lowest BCUT2D eigenvalue weighted by molar-refractivity contribution is 0.0958. The second-order valence-electron chi connectivity index (χ2n) is 3.23. The fraction of sp³-hybridized carbons (Fsp3) is 0.214. The largest absolute Gasteiger partial charge is 0.372 e. The Balaban J connectivity index is 2.38. The molecule has 0 aliphatic heterocycles. The normalized spacial score (nSPS) is 8.56. The van der Waals surface area contributed by atoms with Crippen molar-refractivity contribution in [2.45, 2.75) is 0 Å². The van der Waals surface area contributed by atoms with Crippen LogP contribution in [-0.4, -0.2) is 26.2 Å². The van der Waals surface area contributed by atoms with Crippen molar-refractivity contribution < 1.29 is 9.53 Å². The Morgan fingerprint density at radius 1 is 1.28 bits per heavy atom. The zero-order chi connectivity index (χ0) is 13.2. The number of hydrogen-bond acceptors (Lipinski definition) is 2. The highest BCUT2D eigenvalue weighted by atomic mass is 127. The summed E-state index contributed by atoms with van der Waals surface area (Å²) in [6.07, 6.45) is 0. The van der Waals surface area contributed by atoms with E-state index >= 15 is 0 Å². The quantitative estimate of drug-likeness (QED) is 0.663. The first-order chi connectivity index (χ1) is 8.74. The van der Waals surface area contributed by atoms with Gasteiger partial charge in [0.05, 0.1) is 6.54 Å². The van der Waals surface area contributed by atoms with Crippen LogP contribution in [0, 0.1) is 27.3 Å². The average molecular weight is 353 g/mol. The molecule has 4 heteroatoms. The topological polar surface area (TPSA) is 38.3 Å². The summed E-state index contributed by atoms with van der Waals surface area (Å²) in [6.45, 7) is 0.649. The van der Waals surface area contributed by atoms with Crippen LogP contribution < -0.4 is 5.32 Å². The molecule has 0 bridgehead atoms. The van der Waals surface area contributed by atoms with E-state index in [0.717, 1.165) is 3.57 Å². The molecule has 0 aliphatic carbocycles.